The van der Waals surface area contributed by atoms with Crippen molar-refractivity contribution in [2.75, 3.05) is 13.7 Å². The summed E-state index contributed by atoms with van der Waals surface area (Å²) in [6.07, 6.45) is 3.79. The van der Waals surface area contributed by atoms with E-state index in [2.05, 4.69) is 13.8 Å². The van der Waals surface area contributed by atoms with Gasteiger partial charge in [-0.1, -0.05) is 26.7 Å². The van der Waals surface area contributed by atoms with Gasteiger partial charge in [-0.3, -0.25) is 9.59 Å². The second kappa shape index (κ2) is 9.27. The third-order valence-electron chi connectivity index (χ3n) is 4.10. The van der Waals surface area contributed by atoms with Crippen molar-refractivity contribution in [3.63, 3.8) is 0 Å². The quantitative estimate of drug-likeness (QED) is 0.500. The van der Waals surface area contributed by atoms with Crippen molar-refractivity contribution in [1.82, 2.24) is 4.57 Å². The zero-order valence-corrected chi connectivity index (χ0v) is 16.0. The van der Waals surface area contributed by atoms with E-state index in [1.165, 1.54) is 14.0 Å². The van der Waals surface area contributed by atoms with Gasteiger partial charge in [0, 0.05) is 24.9 Å². The maximum absolute atomic E-state index is 12.9. The predicted octanol–water partition coefficient (Wildman–Crippen LogP) is 3.91. The number of methoxy groups -OCH3 is 1. The van der Waals surface area contributed by atoms with Crippen LogP contribution in [0.4, 0.5) is 0 Å². The molecule has 0 aliphatic rings. The Balaban J connectivity index is 2.65. The van der Waals surface area contributed by atoms with Crippen LogP contribution in [0, 0.1) is 0 Å². The number of aryl methyl sites for hydroxylation is 1. The molecule has 2 rings (SSSR count). The number of carbonyl (C=O) groups is 1. The number of nitrogens with zero attached hydrogens (tertiary/aromatic N) is 1. The van der Waals surface area contributed by atoms with E-state index in [0.29, 0.717) is 29.8 Å². The molecule has 26 heavy (non-hydrogen) atoms. The molecule has 6 nitrogen and oxygen atoms in total. The fourth-order valence-electron chi connectivity index (χ4n) is 2.78. The van der Waals surface area contributed by atoms with E-state index in [4.69, 9.17) is 14.2 Å². The Hall–Kier alpha value is -2.50. The summed E-state index contributed by atoms with van der Waals surface area (Å²) in [5.41, 5.74) is 0.342. The Kier molecular flexibility index (Phi) is 7.06. The largest absolute Gasteiger partial charge is 0.494 e. The summed E-state index contributed by atoms with van der Waals surface area (Å²) in [5.74, 6) is 0.357. The summed E-state index contributed by atoms with van der Waals surface area (Å²) in [6.45, 7) is 6.59. The number of pyridine rings is 1. The Morgan fingerprint density at radius 3 is 2.46 bits per heavy atom. The molecule has 0 N–H and O–H groups in total. The Morgan fingerprint density at radius 1 is 1.12 bits per heavy atom. The van der Waals surface area contributed by atoms with Gasteiger partial charge in [0.1, 0.15) is 5.75 Å². The minimum atomic E-state index is -0.554. The van der Waals surface area contributed by atoms with Crippen molar-refractivity contribution in [1.29, 1.82) is 0 Å². The van der Waals surface area contributed by atoms with Gasteiger partial charge in [0.05, 0.1) is 19.2 Å². The molecule has 0 bridgehead atoms. The zero-order chi connectivity index (χ0) is 19.1. The van der Waals surface area contributed by atoms with Crippen LogP contribution in [0.25, 0.3) is 10.9 Å². The van der Waals surface area contributed by atoms with Crippen molar-refractivity contribution in [3.05, 3.63) is 28.6 Å². The van der Waals surface area contributed by atoms with Gasteiger partial charge >= 0.3 is 5.97 Å². The molecule has 1 aromatic heterocycles. The SMILES string of the molecule is CCCCOc1ccc2c(OC)c(OC(C)=O)c(=O)n(CCCC)c2c1. The fraction of sp³-hybridized carbons (Fsp3) is 0.500. The van der Waals surface area contributed by atoms with Crippen molar-refractivity contribution in [2.45, 2.75) is 53.0 Å². The molecule has 0 aliphatic heterocycles. The third kappa shape index (κ3) is 4.36. The van der Waals surface area contributed by atoms with Gasteiger partial charge in [-0.05, 0) is 25.0 Å². The molecule has 0 saturated heterocycles. The molecule has 1 heterocycles. The van der Waals surface area contributed by atoms with Crippen LogP contribution in [0.1, 0.15) is 46.5 Å². The van der Waals surface area contributed by atoms with E-state index in [-0.39, 0.29) is 17.1 Å². The number of aromatic nitrogens is 1. The predicted molar refractivity (Wildman–Crippen MR) is 101 cm³/mol. The molecular weight excluding hydrogens is 334 g/mol. The number of unbranched alkanes of at least 4 members (excludes halogenated alkanes) is 2. The molecule has 0 atom stereocenters. The van der Waals surface area contributed by atoms with Gasteiger partial charge in [-0.25, -0.2) is 0 Å². The maximum atomic E-state index is 12.9. The first-order chi connectivity index (χ1) is 12.5. The first-order valence-electron chi connectivity index (χ1n) is 9.09. The highest BCUT2D eigenvalue weighted by atomic mass is 16.6. The molecule has 142 valence electrons. The third-order valence-corrected chi connectivity index (χ3v) is 4.10. The number of fused-ring (bicyclic) bond motifs is 1. The van der Waals surface area contributed by atoms with E-state index in [9.17, 15) is 9.59 Å². The Bertz CT molecular complexity index is 825. The Labute approximate surface area is 153 Å². The summed E-state index contributed by atoms with van der Waals surface area (Å²) in [4.78, 5) is 24.4. The molecule has 0 aliphatic carbocycles. The lowest BCUT2D eigenvalue weighted by atomic mass is 10.1. The number of carbonyl (C=O) groups excluding carboxylic acids is 1. The molecule has 0 amide bonds. The van der Waals surface area contributed by atoms with Crippen LogP contribution in [-0.2, 0) is 11.3 Å². The molecular formula is C20H27NO5. The standard InChI is InChI=1S/C20H27NO5/c1-5-7-11-21-17-13-15(25-12-8-6-2)9-10-16(17)18(24-4)19(20(21)23)26-14(3)22/h9-10,13H,5-8,11-12H2,1-4H3. The lowest BCUT2D eigenvalue weighted by Crippen LogP contribution is -2.24. The van der Waals surface area contributed by atoms with E-state index in [0.717, 1.165) is 25.7 Å². The number of hydrogen-bond donors (Lipinski definition) is 0. The summed E-state index contributed by atoms with van der Waals surface area (Å²) < 4.78 is 18.0. The van der Waals surface area contributed by atoms with Crippen molar-refractivity contribution < 1.29 is 19.0 Å². The summed E-state index contributed by atoms with van der Waals surface area (Å²) in [7, 11) is 1.46. The number of ether oxygens (including phenoxy) is 3. The minimum Gasteiger partial charge on any atom is -0.494 e. The van der Waals surface area contributed by atoms with Gasteiger partial charge in [0.25, 0.3) is 5.56 Å². The van der Waals surface area contributed by atoms with Gasteiger partial charge in [-0.2, -0.15) is 0 Å². The Morgan fingerprint density at radius 2 is 1.85 bits per heavy atom. The number of benzene rings is 1. The molecule has 6 heteroatoms. The molecule has 0 fully saturated rings. The fourth-order valence-corrected chi connectivity index (χ4v) is 2.78. The van der Waals surface area contributed by atoms with E-state index < -0.39 is 5.97 Å². The van der Waals surface area contributed by atoms with Crippen LogP contribution in [0.3, 0.4) is 0 Å². The summed E-state index contributed by atoms with van der Waals surface area (Å²) >= 11 is 0. The van der Waals surface area contributed by atoms with Crippen LogP contribution >= 0.6 is 0 Å². The molecule has 0 radical (unpaired) electrons. The van der Waals surface area contributed by atoms with E-state index in [1.807, 2.05) is 18.2 Å². The van der Waals surface area contributed by atoms with Gasteiger partial charge in [-0.15, -0.1) is 0 Å². The lowest BCUT2D eigenvalue weighted by Gasteiger charge is -2.17. The second-order valence-corrected chi connectivity index (χ2v) is 6.15. The maximum Gasteiger partial charge on any atom is 0.308 e. The van der Waals surface area contributed by atoms with Gasteiger partial charge in [0.15, 0.2) is 5.75 Å². The summed E-state index contributed by atoms with van der Waals surface area (Å²) in [6, 6.07) is 5.53. The first-order valence-corrected chi connectivity index (χ1v) is 9.09. The highest BCUT2D eigenvalue weighted by Crippen LogP contribution is 2.34. The first kappa shape index (κ1) is 19.8. The topological polar surface area (TPSA) is 66.8 Å². The van der Waals surface area contributed by atoms with E-state index >= 15 is 0 Å². The van der Waals surface area contributed by atoms with E-state index in [1.54, 1.807) is 4.57 Å². The van der Waals surface area contributed by atoms with Gasteiger partial charge in [0.2, 0.25) is 5.75 Å². The molecule has 0 saturated carbocycles. The highest BCUT2D eigenvalue weighted by Gasteiger charge is 2.20. The van der Waals surface area contributed by atoms with Crippen LogP contribution < -0.4 is 19.8 Å². The molecule has 1 aromatic carbocycles. The van der Waals surface area contributed by atoms with Crippen molar-refractivity contribution >= 4 is 16.9 Å². The number of rotatable bonds is 9. The molecule has 2 aromatic rings. The zero-order valence-electron chi connectivity index (χ0n) is 16.0. The van der Waals surface area contributed by atoms with Gasteiger partial charge < -0.3 is 18.8 Å². The summed E-state index contributed by atoms with van der Waals surface area (Å²) in [5, 5.41) is 0.710. The van der Waals surface area contributed by atoms with Crippen molar-refractivity contribution in [3.8, 4) is 17.2 Å². The highest BCUT2D eigenvalue weighted by molar-refractivity contribution is 5.90. The monoisotopic (exact) mass is 361 g/mol. The minimum absolute atomic E-state index is 0.0664. The van der Waals surface area contributed by atoms with Crippen LogP contribution in [0.5, 0.6) is 17.2 Å². The van der Waals surface area contributed by atoms with Crippen LogP contribution in [0.2, 0.25) is 0 Å². The number of hydrogen-bond acceptors (Lipinski definition) is 5. The number of esters is 1. The van der Waals surface area contributed by atoms with Crippen LogP contribution in [0.15, 0.2) is 23.0 Å². The lowest BCUT2D eigenvalue weighted by molar-refractivity contribution is -0.132. The normalized spacial score (nSPS) is 10.8. The molecule has 0 unspecified atom stereocenters. The van der Waals surface area contributed by atoms with Crippen LogP contribution in [-0.4, -0.2) is 24.3 Å². The van der Waals surface area contributed by atoms with Crippen molar-refractivity contribution in [2.24, 2.45) is 0 Å². The average Bonchev–Trinajstić information content (AvgIpc) is 2.62. The molecule has 0 spiro atoms. The second-order valence-electron chi connectivity index (χ2n) is 6.15. The smallest absolute Gasteiger partial charge is 0.308 e. The average molecular weight is 361 g/mol.